The van der Waals surface area contributed by atoms with E-state index in [9.17, 15) is 0 Å². The molecule has 0 radical (unpaired) electrons. The van der Waals surface area contributed by atoms with E-state index in [-0.39, 0.29) is 0 Å². The second kappa shape index (κ2) is 4.24. The summed E-state index contributed by atoms with van der Waals surface area (Å²) in [6.07, 6.45) is 0. The van der Waals surface area contributed by atoms with Crippen LogP contribution in [0.5, 0.6) is 0 Å². The van der Waals surface area contributed by atoms with E-state index in [0.29, 0.717) is 0 Å². The Morgan fingerprint density at radius 2 is 2.08 bits per heavy atom. The van der Waals surface area contributed by atoms with E-state index in [1.54, 1.807) is 7.11 Å². The molecule has 0 heterocycles. The van der Waals surface area contributed by atoms with Gasteiger partial charge in [-0.25, -0.2) is 0 Å². The van der Waals surface area contributed by atoms with Gasteiger partial charge in [0.15, 0.2) is 0 Å². The quantitative estimate of drug-likeness (QED) is 0.691. The molecule has 66 valence electrons. The first-order valence-electron chi connectivity index (χ1n) is 4.06. The lowest BCUT2D eigenvalue weighted by atomic mass is 10.1. The summed E-state index contributed by atoms with van der Waals surface area (Å²) >= 11 is 0. The molecule has 1 rings (SSSR count). The van der Waals surface area contributed by atoms with Gasteiger partial charge in [-0.1, -0.05) is 23.8 Å². The number of benzene rings is 1. The van der Waals surface area contributed by atoms with Crippen molar-refractivity contribution in [2.75, 3.05) is 7.11 Å². The van der Waals surface area contributed by atoms with Gasteiger partial charge in [0.05, 0.1) is 7.11 Å². The van der Waals surface area contributed by atoms with Crippen LogP contribution in [-0.4, -0.2) is 7.11 Å². The van der Waals surface area contributed by atoms with Crippen molar-refractivity contribution < 1.29 is 4.84 Å². The minimum absolute atomic E-state index is 0.768. The van der Waals surface area contributed by atoms with Gasteiger partial charge in [0.25, 0.3) is 0 Å². The normalized spacial score (nSPS) is 10.2. The van der Waals surface area contributed by atoms with E-state index in [0.717, 1.165) is 6.54 Å². The Balaban J connectivity index is 2.75. The van der Waals surface area contributed by atoms with Crippen molar-refractivity contribution in [3.05, 3.63) is 34.9 Å². The zero-order valence-electron chi connectivity index (χ0n) is 7.85. The molecule has 0 aromatic heterocycles. The van der Waals surface area contributed by atoms with Crippen LogP contribution in [0.2, 0.25) is 0 Å². The van der Waals surface area contributed by atoms with E-state index >= 15 is 0 Å². The average molecular weight is 165 g/mol. The molecule has 12 heavy (non-hydrogen) atoms. The van der Waals surface area contributed by atoms with Crippen LogP contribution in [0.3, 0.4) is 0 Å². The van der Waals surface area contributed by atoms with E-state index in [1.165, 1.54) is 16.7 Å². The van der Waals surface area contributed by atoms with Crippen LogP contribution in [0.4, 0.5) is 0 Å². The molecule has 0 saturated carbocycles. The summed E-state index contributed by atoms with van der Waals surface area (Å²) in [5.41, 5.74) is 6.70. The molecule has 0 aliphatic carbocycles. The van der Waals surface area contributed by atoms with E-state index in [2.05, 4.69) is 37.5 Å². The zero-order valence-corrected chi connectivity index (χ0v) is 7.85. The molecule has 0 unspecified atom stereocenters. The SMILES string of the molecule is CONCc1cc(C)ccc1C. The van der Waals surface area contributed by atoms with Crippen LogP contribution >= 0.6 is 0 Å². The maximum atomic E-state index is 4.79. The smallest absolute Gasteiger partial charge is 0.0572 e. The standard InChI is InChI=1S/C10H15NO/c1-8-4-5-9(2)10(6-8)7-11-12-3/h4-6,11H,7H2,1-3H3. The Labute approximate surface area is 73.5 Å². The summed E-state index contributed by atoms with van der Waals surface area (Å²) in [7, 11) is 1.63. The van der Waals surface area contributed by atoms with Gasteiger partial charge >= 0.3 is 0 Å². The largest absolute Gasteiger partial charge is 0.305 e. The number of aryl methyl sites for hydroxylation is 2. The Bertz CT molecular complexity index is 258. The molecule has 0 aliphatic rings. The zero-order chi connectivity index (χ0) is 8.97. The third-order valence-corrected chi connectivity index (χ3v) is 1.91. The van der Waals surface area contributed by atoms with E-state index < -0.39 is 0 Å². The predicted molar refractivity (Wildman–Crippen MR) is 49.8 cm³/mol. The number of hydrogen-bond donors (Lipinski definition) is 1. The van der Waals surface area contributed by atoms with Crippen LogP contribution in [0.25, 0.3) is 0 Å². The fourth-order valence-electron chi connectivity index (χ4n) is 1.14. The van der Waals surface area contributed by atoms with Gasteiger partial charge in [-0.2, -0.15) is 5.48 Å². The van der Waals surface area contributed by atoms with E-state index in [1.807, 2.05) is 0 Å². The summed E-state index contributed by atoms with van der Waals surface area (Å²) in [6, 6.07) is 6.41. The van der Waals surface area contributed by atoms with Crippen molar-refractivity contribution in [1.82, 2.24) is 5.48 Å². The Kier molecular flexibility index (Phi) is 3.26. The molecule has 0 amide bonds. The number of nitrogens with one attached hydrogen (secondary N) is 1. The maximum Gasteiger partial charge on any atom is 0.0572 e. The summed E-state index contributed by atoms with van der Waals surface area (Å²) in [6.45, 7) is 4.96. The molecule has 1 aromatic carbocycles. The van der Waals surface area contributed by atoms with Crippen LogP contribution in [0, 0.1) is 13.8 Å². The van der Waals surface area contributed by atoms with Gasteiger partial charge < -0.3 is 4.84 Å². The topological polar surface area (TPSA) is 21.3 Å². The molecule has 0 atom stereocenters. The molecule has 1 aromatic rings. The van der Waals surface area contributed by atoms with Gasteiger partial charge in [-0.3, -0.25) is 0 Å². The van der Waals surface area contributed by atoms with Gasteiger partial charge in [-0.05, 0) is 25.0 Å². The Morgan fingerprint density at radius 3 is 2.75 bits per heavy atom. The van der Waals surface area contributed by atoms with Crippen LogP contribution in [0.1, 0.15) is 16.7 Å². The van der Waals surface area contributed by atoms with Gasteiger partial charge in [0.1, 0.15) is 0 Å². The molecule has 1 N–H and O–H groups in total. The van der Waals surface area contributed by atoms with Gasteiger partial charge in [0, 0.05) is 6.54 Å². The second-order valence-corrected chi connectivity index (χ2v) is 2.96. The number of hydrogen-bond acceptors (Lipinski definition) is 2. The molecule has 2 heteroatoms. The summed E-state index contributed by atoms with van der Waals surface area (Å²) in [4.78, 5) is 4.79. The van der Waals surface area contributed by atoms with Crippen molar-refractivity contribution in [3.63, 3.8) is 0 Å². The minimum Gasteiger partial charge on any atom is -0.305 e. The lowest BCUT2D eigenvalue weighted by Gasteiger charge is -2.06. The van der Waals surface area contributed by atoms with Crippen molar-refractivity contribution >= 4 is 0 Å². The highest BCUT2D eigenvalue weighted by Gasteiger charge is 1.96. The fourth-order valence-corrected chi connectivity index (χ4v) is 1.14. The van der Waals surface area contributed by atoms with Gasteiger partial charge in [0.2, 0.25) is 0 Å². The summed E-state index contributed by atoms with van der Waals surface area (Å²) < 4.78 is 0. The lowest BCUT2D eigenvalue weighted by Crippen LogP contribution is -2.11. The van der Waals surface area contributed by atoms with Crippen molar-refractivity contribution in [2.24, 2.45) is 0 Å². The molecule has 0 aliphatic heterocycles. The molecular formula is C10H15NO. The number of rotatable bonds is 3. The maximum absolute atomic E-state index is 4.79. The third-order valence-electron chi connectivity index (χ3n) is 1.91. The summed E-state index contributed by atoms with van der Waals surface area (Å²) in [5.74, 6) is 0. The fraction of sp³-hybridized carbons (Fsp3) is 0.400. The molecule has 0 bridgehead atoms. The lowest BCUT2D eigenvalue weighted by molar-refractivity contribution is 0.0866. The van der Waals surface area contributed by atoms with Crippen LogP contribution < -0.4 is 5.48 Å². The second-order valence-electron chi connectivity index (χ2n) is 2.96. The molecule has 0 spiro atoms. The van der Waals surface area contributed by atoms with Gasteiger partial charge in [-0.15, -0.1) is 0 Å². The highest BCUT2D eigenvalue weighted by Crippen LogP contribution is 2.09. The van der Waals surface area contributed by atoms with Crippen molar-refractivity contribution in [3.8, 4) is 0 Å². The van der Waals surface area contributed by atoms with Crippen molar-refractivity contribution in [2.45, 2.75) is 20.4 Å². The summed E-state index contributed by atoms with van der Waals surface area (Å²) in [5, 5.41) is 0. The average Bonchev–Trinajstić information content (AvgIpc) is 2.07. The highest BCUT2D eigenvalue weighted by molar-refractivity contribution is 5.30. The first kappa shape index (κ1) is 9.23. The monoisotopic (exact) mass is 165 g/mol. The molecule has 2 nitrogen and oxygen atoms in total. The van der Waals surface area contributed by atoms with Crippen LogP contribution in [-0.2, 0) is 11.4 Å². The van der Waals surface area contributed by atoms with E-state index in [4.69, 9.17) is 4.84 Å². The third kappa shape index (κ3) is 2.32. The first-order chi connectivity index (χ1) is 5.74. The highest BCUT2D eigenvalue weighted by atomic mass is 16.6. The first-order valence-corrected chi connectivity index (χ1v) is 4.06. The Morgan fingerprint density at radius 1 is 1.33 bits per heavy atom. The van der Waals surface area contributed by atoms with Crippen LogP contribution in [0.15, 0.2) is 18.2 Å². The van der Waals surface area contributed by atoms with Crippen molar-refractivity contribution in [1.29, 1.82) is 0 Å². The predicted octanol–water partition coefficient (Wildman–Crippen LogP) is 1.95. The molecular weight excluding hydrogens is 150 g/mol. The number of hydroxylamine groups is 1. The molecule has 0 saturated heterocycles. The Hall–Kier alpha value is -0.860. The molecule has 0 fully saturated rings. The minimum atomic E-state index is 0.768.